The molecule has 0 saturated carbocycles. The van der Waals surface area contributed by atoms with Crippen LogP contribution in [0, 0.1) is 0 Å². The molecule has 0 bridgehead atoms. The van der Waals surface area contributed by atoms with Gasteiger partial charge in [0.05, 0.1) is 17.1 Å². The van der Waals surface area contributed by atoms with Gasteiger partial charge in [-0.3, -0.25) is 9.78 Å². The van der Waals surface area contributed by atoms with Crippen LogP contribution in [0.5, 0.6) is 0 Å². The first-order chi connectivity index (χ1) is 7.75. The molecule has 2 aromatic rings. The van der Waals surface area contributed by atoms with Crippen LogP contribution >= 0.6 is 11.3 Å². The van der Waals surface area contributed by atoms with E-state index in [1.54, 1.807) is 12.4 Å². The van der Waals surface area contributed by atoms with Crippen LogP contribution in [0.3, 0.4) is 0 Å². The van der Waals surface area contributed by atoms with Crippen LogP contribution in [0.15, 0.2) is 29.9 Å². The maximum Gasteiger partial charge on any atom is 0.303 e. The van der Waals surface area contributed by atoms with Crippen LogP contribution in [0.1, 0.15) is 11.4 Å². The number of carbonyl (C=O) groups is 1. The van der Waals surface area contributed by atoms with Crippen LogP contribution < -0.4 is 0 Å². The zero-order chi connectivity index (χ0) is 11.4. The number of thiazole rings is 1. The molecule has 5 heteroatoms. The standard InChI is InChI=1S/C11H10N2O2S/c14-11(15)4-3-10-13-9(7-16-10)8-2-1-5-12-6-8/h1-2,5-7H,3-4H2,(H,14,15). The van der Waals surface area contributed by atoms with Gasteiger partial charge in [-0.2, -0.15) is 0 Å². The van der Waals surface area contributed by atoms with E-state index in [4.69, 9.17) is 5.11 Å². The summed E-state index contributed by atoms with van der Waals surface area (Å²) in [6.07, 6.45) is 4.07. The highest BCUT2D eigenvalue weighted by Crippen LogP contribution is 2.21. The van der Waals surface area contributed by atoms with Crippen molar-refractivity contribution in [3.63, 3.8) is 0 Å². The first kappa shape index (κ1) is 10.8. The average Bonchev–Trinajstić information content (AvgIpc) is 2.76. The molecule has 2 rings (SSSR count). The van der Waals surface area contributed by atoms with Crippen molar-refractivity contribution in [1.29, 1.82) is 0 Å². The van der Waals surface area contributed by atoms with E-state index in [1.165, 1.54) is 11.3 Å². The highest BCUT2D eigenvalue weighted by Gasteiger charge is 2.06. The fourth-order valence-corrected chi connectivity index (χ4v) is 2.09. The first-order valence-corrected chi connectivity index (χ1v) is 5.70. The Morgan fingerprint density at radius 3 is 3.06 bits per heavy atom. The van der Waals surface area contributed by atoms with Crippen LogP contribution in [-0.2, 0) is 11.2 Å². The third kappa shape index (κ3) is 2.64. The second-order valence-electron chi connectivity index (χ2n) is 3.26. The van der Waals surface area contributed by atoms with Gasteiger partial charge in [0.25, 0.3) is 0 Å². The zero-order valence-electron chi connectivity index (χ0n) is 8.46. The molecule has 0 spiro atoms. The van der Waals surface area contributed by atoms with Crippen molar-refractivity contribution in [2.45, 2.75) is 12.8 Å². The van der Waals surface area contributed by atoms with Crippen LogP contribution in [-0.4, -0.2) is 21.0 Å². The Morgan fingerprint density at radius 2 is 2.38 bits per heavy atom. The number of hydrogen-bond donors (Lipinski definition) is 1. The molecule has 82 valence electrons. The van der Waals surface area contributed by atoms with E-state index in [0.29, 0.717) is 6.42 Å². The average molecular weight is 234 g/mol. The van der Waals surface area contributed by atoms with E-state index in [1.807, 2.05) is 17.5 Å². The van der Waals surface area contributed by atoms with E-state index in [0.717, 1.165) is 16.3 Å². The fourth-order valence-electron chi connectivity index (χ4n) is 1.29. The van der Waals surface area contributed by atoms with Gasteiger partial charge in [0.1, 0.15) is 0 Å². The number of aliphatic carboxylic acids is 1. The van der Waals surface area contributed by atoms with Gasteiger partial charge in [-0.25, -0.2) is 4.98 Å². The summed E-state index contributed by atoms with van der Waals surface area (Å²) in [5.74, 6) is -0.793. The topological polar surface area (TPSA) is 63.1 Å². The van der Waals surface area contributed by atoms with E-state index >= 15 is 0 Å². The summed E-state index contributed by atoms with van der Waals surface area (Å²) in [7, 11) is 0. The molecule has 0 amide bonds. The zero-order valence-corrected chi connectivity index (χ0v) is 9.28. The number of aromatic nitrogens is 2. The molecule has 2 heterocycles. The van der Waals surface area contributed by atoms with Crippen molar-refractivity contribution in [1.82, 2.24) is 9.97 Å². The normalized spacial score (nSPS) is 10.2. The SMILES string of the molecule is O=C(O)CCc1nc(-c2cccnc2)cs1. The predicted octanol–water partition coefficient (Wildman–Crippen LogP) is 2.22. The molecular weight excluding hydrogens is 224 g/mol. The summed E-state index contributed by atoms with van der Waals surface area (Å²) in [5.41, 5.74) is 1.82. The summed E-state index contributed by atoms with van der Waals surface area (Å²) in [6.45, 7) is 0. The van der Waals surface area contributed by atoms with Crippen LogP contribution in [0.4, 0.5) is 0 Å². The number of carboxylic acids is 1. The summed E-state index contributed by atoms with van der Waals surface area (Å²) >= 11 is 1.48. The molecular formula is C11H10N2O2S. The van der Waals surface area contributed by atoms with Gasteiger partial charge < -0.3 is 5.11 Å². The highest BCUT2D eigenvalue weighted by atomic mass is 32.1. The summed E-state index contributed by atoms with van der Waals surface area (Å²) in [5, 5.41) is 11.3. The van der Waals surface area contributed by atoms with Crippen molar-refractivity contribution in [3.05, 3.63) is 34.9 Å². The molecule has 0 saturated heterocycles. The van der Waals surface area contributed by atoms with Gasteiger partial charge in [-0.1, -0.05) is 0 Å². The molecule has 0 radical (unpaired) electrons. The Labute approximate surface area is 96.6 Å². The third-order valence-corrected chi connectivity index (χ3v) is 2.97. The van der Waals surface area contributed by atoms with Gasteiger partial charge >= 0.3 is 5.97 Å². The monoisotopic (exact) mass is 234 g/mol. The first-order valence-electron chi connectivity index (χ1n) is 4.82. The third-order valence-electron chi connectivity index (χ3n) is 2.06. The van der Waals surface area contributed by atoms with E-state index in [-0.39, 0.29) is 6.42 Å². The molecule has 0 aromatic carbocycles. The molecule has 0 fully saturated rings. The lowest BCUT2D eigenvalue weighted by atomic mass is 10.2. The largest absolute Gasteiger partial charge is 0.481 e. The van der Waals surface area contributed by atoms with E-state index in [2.05, 4.69) is 9.97 Å². The van der Waals surface area contributed by atoms with Crippen LogP contribution in [0.25, 0.3) is 11.3 Å². The number of carboxylic acid groups (broad SMARTS) is 1. The summed E-state index contributed by atoms with van der Waals surface area (Å²) < 4.78 is 0. The molecule has 4 nitrogen and oxygen atoms in total. The van der Waals surface area contributed by atoms with Gasteiger partial charge in [0, 0.05) is 29.8 Å². The number of rotatable bonds is 4. The number of nitrogens with zero attached hydrogens (tertiary/aromatic N) is 2. The van der Waals surface area contributed by atoms with Gasteiger partial charge in [-0.15, -0.1) is 11.3 Å². The summed E-state index contributed by atoms with van der Waals surface area (Å²) in [6, 6.07) is 3.79. The van der Waals surface area contributed by atoms with Crippen molar-refractivity contribution < 1.29 is 9.90 Å². The minimum absolute atomic E-state index is 0.125. The highest BCUT2D eigenvalue weighted by molar-refractivity contribution is 7.09. The van der Waals surface area contributed by atoms with Crippen molar-refractivity contribution in [2.75, 3.05) is 0 Å². The maximum absolute atomic E-state index is 10.4. The number of aryl methyl sites for hydroxylation is 1. The Morgan fingerprint density at radius 1 is 1.50 bits per heavy atom. The Balaban J connectivity index is 2.11. The lowest BCUT2D eigenvalue weighted by Gasteiger charge is -1.93. The Bertz CT molecular complexity index is 482. The van der Waals surface area contributed by atoms with Gasteiger partial charge in [-0.05, 0) is 12.1 Å². The van der Waals surface area contributed by atoms with Crippen LogP contribution in [0.2, 0.25) is 0 Å². The Kier molecular flexibility index (Phi) is 3.26. The molecule has 0 aliphatic rings. The molecule has 0 unspecified atom stereocenters. The molecule has 1 N–H and O–H groups in total. The number of hydrogen-bond acceptors (Lipinski definition) is 4. The molecule has 0 atom stereocenters. The lowest BCUT2D eigenvalue weighted by molar-refractivity contribution is -0.136. The smallest absolute Gasteiger partial charge is 0.303 e. The molecule has 2 aromatic heterocycles. The fraction of sp³-hybridized carbons (Fsp3) is 0.182. The van der Waals surface area contributed by atoms with Crippen molar-refractivity contribution in [2.24, 2.45) is 0 Å². The van der Waals surface area contributed by atoms with Crippen molar-refractivity contribution >= 4 is 17.3 Å². The summed E-state index contributed by atoms with van der Waals surface area (Å²) in [4.78, 5) is 18.8. The van der Waals surface area contributed by atoms with Crippen molar-refractivity contribution in [3.8, 4) is 11.3 Å². The quantitative estimate of drug-likeness (QED) is 0.881. The van der Waals surface area contributed by atoms with E-state index in [9.17, 15) is 4.79 Å². The minimum Gasteiger partial charge on any atom is -0.481 e. The second-order valence-corrected chi connectivity index (χ2v) is 4.20. The maximum atomic E-state index is 10.4. The van der Waals surface area contributed by atoms with Gasteiger partial charge in [0.15, 0.2) is 0 Å². The number of pyridine rings is 1. The molecule has 0 aliphatic heterocycles. The molecule has 16 heavy (non-hydrogen) atoms. The van der Waals surface area contributed by atoms with Gasteiger partial charge in [0.2, 0.25) is 0 Å². The second kappa shape index (κ2) is 4.85. The molecule has 0 aliphatic carbocycles. The Hall–Kier alpha value is -1.75. The predicted molar refractivity (Wildman–Crippen MR) is 61.3 cm³/mol. The lowest BCUT2D eigenvalue weighted by Crippen LogP contribution is -1.96. The minimum atomic E-state index is -0.793. The van der Waals surface area contributed by atoms with E-state index < -0.39 is 5.97 Å².